The number of hydrogen-bond acceptors (Lipinski definition) is 2. The van der Waals surface area contributed by atoms with Crippen molar-refractivity contribution in [2.75, 3.05) is 7.11 Å². The second-order valence-electron chi connectivity index (χ2n) is 5.77. The van der Waals surface area contributed by atoms with Gasteiger partial charge in [0.15, 0.2) is 0 Å². The summed E-state index contributed by atoms with van der Waals surface area (Å²) in [5, 5.41) is 3.51. The van der Waals surface area contributed by atoms with Gasteiger partial charge in [0, 0.05) is 43.7 Å². The molecule has 4 heteroatoms. The van der Waals surface area contributed by atoms with Crippen LogP contribution in [-0.2, 0) is 13.6 Å². The Morgan fingerprint density at radius 3 is 2.76 bits per heavy atom. The lowest BCUT2D eigenvalue weighted by Gasteiger charge is -2.19. The van der Waals surface area contributed by atoms with Crippen molar-refractivity contribution >= 4 is 0 Å². The Balaban J connectivity index is 1.75. The van der Waals surface area contributed by atoms with Crippen LogP contribution in [0.1, 0.15) is 30.0 Å². The van der Waals surface area contributed by atoms with E-state index < -0.39 is 0 Å². The SMILES string of the molecule is COc1ccc(C(NCc2ccn(C)c2)C2CC2)c(F)c1. The van der Waals surface area contributed by atoms with Gasteiger partial charge in [0.1, 0.15) is 11.6 Å². The van der Waals surface area contributed by atoms with Gasteiger partial charge in [-0.3, -0.25) is 0 Å². The van der Waals surface area contributed by atoms with Crippen molar-refractivity contribution < 1.29 is 9.13 Å². The van der Waals surface area contributed by atoms with E-state index in [1.165, 1.54) is 11.6 Å². The molecule has 1 fully saturated rings. The van der Waals surface area contributed by atoms with E-state index in [2.05, 4.69) is 17.6 Å². The highest BCUT2D eigenvalue weighted by atomic mass is 19.1. The first kappa shape index (κ1) is 14.1. The van der Waals surface area contributed by atoms with E-state index in [0.717, 1.165) is 24.9 Å². The highest BCUT2D eigenvalue weighted by Crippen LogP contribution is 2.42. The highest BCUT2D eigenvalue weighted by Gasteiger charge is 2.33. The molecule has 1 aliphatic carbocycles. The summed E-state index contributed by atoms with van der Waals surface area (Å²) in [5.74, 6) is 0.914. The van der Waals surface area contributed by atoms with E-state index in [9.17, 15) is 4.39 Å². The van der Waals surface area contributed by atoms with Crippen LogP contribution in [0, 0.1) is 11.7 Å². The fourth-order valence-corrected chi connectivity index (χ4v) is 2.74. The Morgan fingerprint density at radius 1 is 1.38 bits per heavy atom. The Morgan fingerprint density at radius 2 is 2.19 bits per heavy atom. The number of hydrogen-bond donors (Lipinski definition) is 1. The Hall–Kier alpha value is -1.81. The monoisotopic (exact) mass is 288 g/mol. The van der Waals surface area contributed by atoms with Crippen LogP contribution in [0.25, 0.3) is 0 Å². The van der Waals surface area contributed by atoms with E-state index in [1.807, 2.05) is 29.9 Å². The minimum Gasteiger partial charge on any atom is -0.497 e. The topological polar surface area (TPSA) is 26.2 Å². The van der Waals surface area contributed by atoms with Crippen molar-refractivity contribution in [1.29, 1.82) is 0 Å². The van der Waals surface area contributed by atoms with Gasteiger partial charge in [0.25, 0.3) is 0 Å². The third-order valence-electron chi connectivity index (χ3n) is 4.06. The second-order valence-corrected chi connectivity index (χ2v) is 5.77. The number of methoxy groups -OCH3 is 1. The Bertz CT molecular complexity index is 619. The fourth-order valence-electron chi connectivity index (χ4n) is 2.74. The molecule has 1 atom stereocenters. The van der Waals surface area contributed by atoms with Gasteiger partial charge in [0.2, 0.25) is 0 Å². The predicted octanol–water partition coefficient (Wildman–Crippen LogP) is 3.41. The van der Waals surface area contributed by atoms with Crippen LogP contribution in [0.4, 0.5) is 4.39 Å². The van der Waals surface area contributed by atoms with Crippen LogP contribution in [0.15, 0.2) is 36.7 Å². The molecule has 0 amide bonds. The molecular weight excluding hydrogens is 267 g/mol. The van der Waals surface area contributed by atoms with E-state index in [4.69, 9.17) is 4.74 Å². The summed E-state index contributed by atoms with van der Waals surface area (Å²) in [6.07, 6.45) is 6.44. The van der Waals surface area contributed by atoms with Gasteiger partial charge in [-0.25, -0.2) is 4.39 Å². The summed E-state index contributed by atoms with van der Waals surface area (Å²) < 4.78 is 21.4. The van der Waals surface area contributed by atoms with Crippen LogP contribution < -0.4 is 10.1 Å². The molecular formula is C17H21FN2O. The van der Waals surface area contributed by atoms with Gasteiger partial charge in [-0.2, -0.15) is 0 Å². The van der Waals surface area contributed by atoms with Crippen molar-refractivity contribution in [1.82, 2.24) is 9.88 Å². The first-order valence-electron chi connectivity index (χ1n) is 7.35. The lowest BCUT2D eigenvalue weighted by Crippen LogP contribution is -2.23. The standard InChI is InChI=1S/C17H21FN2O/c1-20-8-7-12(11-20)10-19-17(13-3-4-13)15-6-5-14(21-2)9-16(15)18/h5-9,11,13,17,19H,3-4,10H2,1-2H3. The zero-order valence-electron chi connectivity index (χ0n) is 12.5. The number of halogens is 1. The van der Waals surface area contributed by atoms with Crippen molar-refractivity contribution in [3.8, 4) is 5.75 Å². The number of nitrogens with one attached hydrogen (secondary N) is 1. The number of aryl methyl sites for hydroxylation is 1. The van der Waals surface area contributed by atoms with Crippen molar-refractivity contribution in [2.45, 2.75) is 25.4 Å². The molecule has 1 aliphatic rings. The zero-order chi connectivity index (χ0) is 14.8. The molecule has 0 aliphatic heterocycles. The number of rotatable bonds is 6. The van der Waals surface area contributed by atoms with Gasteiger partial charge in [-0.05, 0) is 36.5 Å². The Labute approximate surface area is 124 Å². The number of aromatic nitrogens is 1. The summed E-state index contributed by atoms with van der Waals surface area (Å²) in [6, 6.07) is 7.31. The maximum Gasteiger partial charge on any atom is 0.131 e. The summed E-state index contributed by atoms with van der Waals surface area (Å²) in [7, 11) is 3.56. The predicted molar refractivity (Wildman–Crippen MR) is 80.7 cm³/mol. The van der Waals surface area contributed by atoms with Gasteiger partial charge in [-0.1, -0.05) is 6.07 Å². The molecule has 0 bridgehead atoms. The van der Waals surface area contributed by atoms with Gasteiger partial charge >= 0.3 is 0 Å². The van der Waals surface area contributed by atoms with E-state index in [-0.39, 0.29) is 11.9 Å². The average molecular weight is 288 g/mol. The number of benzene rings is 1. The second kappa shape index (κ2) is 5.90. The van der Waals surface area contributed by atoms with Crippen molar-refractivity contribution in [2.24, 2.45) is 13.0 Å². The molecule has 3 rings (SSSR count). The highest BCUT2D eigenvalue weighted by molar-refractivity contribution is 5.32. The smallest absolute Gasteiger partial charge is 0.131 e. The summed E-state index contributed by atoms with van der Waals surface area (Å²) >= 11 is 0. The van der Waals surface area contributed by atoms with E-state index >= 15 is 0 Å². The zero-order valence-corrected chi connectivity index (χ0v) is 12.5. The van der Waals surface area contributed by atoms with Crippen molar-refractivity contribution in [3.05, 3.63) is 53.6 Å². The summed E-state index contributed by atoms with van der Waals surface area (Å²) in [6.45, 7) is 0.757. The van der Waals surface area contributed by atoms with Crippen LogP contribution >= 0.6 is 0 Å². The number of nitrogens with zero attached hydrogens (tertiary/aromatic N) is 1. The first-order valence-corrected chi connectivity index (χ1v) is 7.35. The Kier molecular flexibility index (Phi) is 3.97. The molecule has 1 unspecified atom stereocenters. The van der Waals surface area contributed by atoms with Gasteiger partial charge in [-0.15, -0.1) is 0 Å². The molecule has 1 N–H and O–H groups in total. The van der Waals surface area contributed by atoms with Crippen LogP contribution in [-0.4, -0.2) is 11.7 Å². The lowest BCUT2D eigenvalue weighted by molar-refractivity contribution is 0.406. The van der Waals surface area contributed by atoms with E-state index in [1.54, 1.807) is 7.11 Å². The van der Waals surface area contributed by atoms with Crippen LogP contribution in [0.3, 0.4) is 0 Å². The minimum absolute atomic E-state index is 0.0797. The normalized spacial score (nSPS) is 16.0. The molecule has 3 nitrogen and oxygen atoms in total. The molecule has 112 valence electrons. The average Bonchev–Trinajstić information content (AvgIpc) is 3.23. The molecule has 1 aromatic carbocycles. The molecule has 1 saturated carbocycles. The van der Waals surface area contributed by atoms with Crippen LogP contribution in [0.2, 0.25) is 0 Å². The minimum atomic E-state index is -0.188. The lowest BCUT2D eigenvalue weighted by atomic mass is 10.0. The summed E-state index contributed by atoms with van der Waals surface area (Å²) in [5.41, 5.74) is 1.96. The van der Waals surface area contributed by atoms with Crippen molar-refractivity contribution in [3.63, 3.8) is 0 Å². The third-order valence-corrected chi connectivity index (χ3v) is 4.06. The fraction of sp³-hybridized carbons (Fsp3) is 0.412. The van der Waals surface area contributed by atoms with Crippen LogP contribution in [0.5, 0.6) is 5.75 Å². The largest absolute Gasteiger partial charge is 0.497 e. The third kappa shape index (κ3) is 3.27. The molecule has 21 heavy (non-hydrogen) atoms. The molecule has 0 saturated heterocycles. The molecule has 0 spiro atoms. The number of ether oxygens (including phenoxy) is 1. The molecule has 2 aromatic rings. The maximum atomic E-state index is 14.3. The van der Waals surface area contributed by atoms with Gasteiger partial charge in [0.05, 0.1) is 7.11 Å². The molecule has 0 radical (unpaired) electrons. The molecule has 1 heterocycles. The summed E-state index contributed by atoms with van der Waals surface area (Å²) in [4.78, 5) is 0. The first-order chi connectivity index (χ1) is 10.2. The molecule has 1 aromatic heterocycles. The quantitative estimate of drug-likeness (QED) is 0.881. The van der Waals surface area contributed by atoms with Gasteiger partial charge < -0.3 is 14.6 Å². The maximum absolute atomic E-state index is 14.3. The van der Waals surface area contributed by atoms with E-state index in [0.29, 0.717) is 11.7 Å².